The number of hydrogen-bond acceptors (Lipinski definition) is 13. The number of carbonyl (C=O) groups is 5. The zero-order chi connectivity index (χ0) is 50.0. The lowest BCUT2D eigenvalue weighted by atomic mass is 9.90. The van der Waals surface area contributed by atoms with Crippen LogP contribution in [0.5, 0.6) is 0 Å². The summed E-state index contributed by atoms with van der Waals surface area (Å²) in [5.74, 6) is -1.60. The van der Waals surface area contributed by atoms with Gasteiger partial charge in [-0.1, -0.05) is 13.8 Å². The molecule has 7 aliphatic rings. The van der Waals surface area contributed by atoms with Crippen LogP contribution in [0.25, 0.3) is 11.3 Å². The maximum Gasteiger partial charge on any atom is 0.293 e. The monoisotopic (exact) mass is 973 g/mol. The molecule has 2 aromatic carbocycles. The fraction of sp³-hybridized carbons (Fsp3) is 0.444. The molecule has 5 aliphatic heterocycles. The quantitative estimate of drug-likeness (QED) is 0.173. The molecule has 3 saturated heterocycles. The third-order valence-corrected chi connectivity index (χ3v) is 16.7. The van der Waals surface area contributed by atoms with Gasteiger partial charge in [0.1, 0.15) is 17.6 Å². The molecule has 0 radical (unpaired) electrons. The minimum atomic E-state index is -0.984. The lowest BCUT2D eigenvalue weighted by Gasteiger charge is -2.43. The number of piperazine rings is 1. The summed E-state index contributed by atoms with van der Waals surface area (Å²) < 4.78 is 3.63. The van der Waals surface area contributed by atoms with E-state index in [4.69, 9.17) is 4.98 Å². The maximum atomic E-state index is 14.0. The summed E-state index contributed by atoms with van der Waals surface area (Å²) in [7, 11) is 1.67. The number of aliphatic hydroxyl groups is 1. The molecule has 1 spiro atoms. The van der Waals surface area contributed by atoms with Crippen LogP contribution in [0.4, 0.5) is 28.7 Å². The molecule has 18 nitrogen and oxygen atoms in total. The van der Waals surface area contributed by atoms with Crippen LogP contribution < -0.4 is 30.9 Å². The summed E-state index contributed by atoms with van der Waals surface area (Å²) in [6.45, 7) is 11.9. The summed E-state index contributed by atoms with van der Waals surface area (Å²) in [6.07, 6.45) is 8.59. The van der Waals surface area contributed by atoms with Gasteiger partial charge in [-0.05, 0) is 116 Å². The second-order valence-corrected chi connectivity index (χ2v) is 21.8. The molecule has 4 fully saturated rings. The van der Waals surface area contributed by atoms with E-state index in [1.807, 2.05) is 24.3 Å². The van der Waals surface area contributed by atoms with Gasteiger partial charge in [0.2, 0.25) is 11.8 Å². The minimum Gasteiger partial charge on any atom is -0.392 e. The van der Waals surface area contributed by atoms with E-state index < -0.39 is 29.7 Å². The van der Waals surface area contributed by atoms with Crippen molar-refractivity contribution in [1.29, 1.82) is 0 Å². The van der Waals surface area contributed by atoms with Crippen molar-refractivity contribution in [3.63, 3.8) is 0 Å². The van der Waals surface area contributed by atoms with Gasteiger partial charge in [0.05, 0.1) is 23.4 Å². The van der Waals surface area contributed by atoms with Crippen LogP contribution in [0.3, 0.4) is 0 Å². The smallest absolute Gasteiger partial charge is 0.293 e. The number of aliphatic hydroxyl groups excluding tert-OH is 1. The van der Waals surface area contributed by atoms with Crippen molar-refractivity contribution in [2.45, 2.75) is 97.0 Å². The van der Waals surface area contributed by atoms with Gasteiger partial charge in [-0.15, -0.1) is 0 Å². The first-order chi connectivity index (χ1) is 34.6. The number of nitrogens with zero attached hydrogens (tertiary/aromatic N) is 9. The number of fused-ring (bicyclic) bond motifs is 4. The number of aryl methyl sites for hydroxylation is 1. The summed E-state index contributed by atoms with van der Waals surface area (Å²) in [5.41, 5.74) is 8.06. The molecular formula is C54H59N11O7. The molecule has 3 atom stereocenters. The van der Waals surface area contributed by atoms with Gasteiger partial charge >= 0.3 is 0 Å². The van der Waals surface area contributed by atoms with Crippen molar-refractivity contribution in [3.8, 4) is 11.3 Å². The van der Waals surface area contributed by atoms with E-state index in [-0.39, 0.29) is 53.6 Å². The number of anilines is 5. The molecule has 3 aromatic heterocycles. The van der Waals surface area contributed by atoms with Crippen LogP contribution in [-0.4, -0.2) is 121 Å². The highest BCUT2D eigenvalue weighted by Crippen LogP contribution is 2.57. The number of rotatable bonds is 9. The Bertz CT molecular complexity index is 3190. The third kappa shape index (κ3) is 7.59. The molecule has 5 aromatic rings. The standard InChI is InChI=1S/C54H59N11O7/c1-31-28-61(44-27-54(44)14-17-60(18-15-54)35-9-10-37-38(24-35)50(70)65(49(37)69)41-11-12-45(67)58-48(41)68)19-20-62(31)34-7-5-33(6-8-34)56-46-52(72)59(4)29-40(57-46)36-13-16-55-47(39(36)30-66)64-22-21-63-42(51(64)71)23-32-25-53(2,3)26-43(32)63/h5-10,13,16,23-24,29,31,41,44,66H,11-12,14-15,17-22,25-28,30H2,1-4H3,(H,56,57)(H,58,67,68)/t31-,41?,44+/m0/s1. The fourth-order valence-corrected chi connectivity index (χ4v) is 12.8. The van der Waals surface area contributed by atoms with Gasteiger partial charge in [0.15, 0.2) is 5.82 Å². The van der Waals surface area contributed by atoms with Gasteiger partial charge in [-0.2, -0.15) is 0 Å². The predicted molar refractivity (Wildman–Crippen MR) is 269 cm³/mol. The molecule has 12 rings (SSSR count). The summed E-state index contributed by atoms with van der Waals surface area (Å²) >= 11 is 0. The average Bonchev–Trinajstić information content (AvgIpc) is 3.70. The molecule has 8 heterocycles. The summed E-state index contributed by atoms with van der Waals surface area (Å²) in [6, 6.07) is 17.1. The van der Waals surface area contributed by atoms with Gasteiger partial charge < -0.3 is 29.4 Å². The van der Waals surface area contributed by atoms with Crippen LogP contribution in [-0.2, 0) is 42.6 Å². The summed E-state index contributed by atoms with van der Waals surface area (Å²) in [4.78, 5) is 98.0. The first-order valence-corrected chi connectivity index (χ1v) is 25.3. The second-order valence-electron chi connectivity index (χ2n) is 21.8. The van der Waals surface area contributed by atoms with E-state index in [0.717, 1.165) is 81.1 Å². The minimum absolute atomic E-state index is 0.0847. The Balaban J connectivity index is 0.672. The molecule has 18 heteroatoms. The van der Waals surface area contributed by atoms with Crippen molar-refractivity contribution in [2.24, 2.45) is 17.9 Å². The van der Waals surface area contributed by atoms with Crippen LogP contribution in [0.2, 0.25) is 0 Å². The molecule has 2 aliphatic carbocycles. The zero-order valence-electron chi connectivity index (χ0n) is 41.1. The molecule has 372 valence electrons. The maximum absolute atomic E-state index is 14.0. The van der Waals surface area contributed by atoms with Crippen molar-refractivity contribution < 1.29 is 29.1 Å². The van der Waals surface area contributed by atoms with E-state index in [0.29, 0.717) is 64.3 Å². The Kier molecular flexibility index (Phi) is 10.8. The molecular weight excluding hydrogens is 915 g/mol. The Morgan fingerprint density at radius 1 is 0.833 bits per heavy atom. The number of carbonyl (C=O) groups excluding carboxylic acids is 5. The van der Waals surface area contributed by atoms with Crippen molar-refractivity contribution >= 4 is 58.2 Å². The van der Waals surface area contributed by atoms with Crippen molar-refractivity contribution in [1.82, 2.24) is 34.2 Å². The first-order valence-electron chi connectivity index (χ1n) is 25.3. The molecule has 1 unspecified atom stereocenters. The SMILES string of the molecule is C[C@H]1CN([C@@H]2CC23CCN(c2ccc4c(c2)C(=O)N(C2CCC(=O)NC2=O)C4=O)CC3)CCN1c1ccc(Nc2nc(-c3ccnc(N4CCn5c(cc6c5CC(C)(C)C6)C4=O)c3CO)cn(C)c2=O)cc1. The Morgan fingerprint density at radius 3 is 2.35 bits per heavy atom. The lowest BCUT2D eigenvalue weighted by Crippen LogP contribution is -2.54. The topological polar surface area (TPSA) is 199 Å². The molecule has 1 saturated carbocycles. The van der Waals surface area contributed by atoms with Gasteiger partial charge in [-0.3, -0.25) is 48.8 Å². The molecule has 72 heavy (non-hydrogen) atoms. The third-order valence-electron chi connectivity index (χ3n) is 16.7. The fourth-order valence-electron chi connectivity index (χ4n) is 12.8. The highest BCUT2D eigenvalue weighted by atomic mass is 16.3. The first kappa shape index (κ1) is 45.9. The normalized spacial score (nSPS) is 23.4. The zero-order valence-corrected chi connectivity index (χ0v) is 41.1. The van der Waals surface area contributed by atoms with Crippen LogP contribution in [0.1, 0.15) is 101 Å². The molecule has 5 amide bonds. The number of amides is 5. The Labute approximate surface area is 416 Å². The highest BCUT2D eigenvalue weighted by Gasteiger charge is 2.58. The van der Waals surface area contributed by atoms with Gasteiger partial charge in [0, 0.05) is 118 Å². The number of hydrogen-bond donors (Lipinski definition) is 3. The van der Waals surface area contributed by atoms with Crippen molar-refractivity contribution in [2.75, 3.05) is 59.3 Å². The van der Waals surface area contributed by atoms with E-state index in [1.165, 1.54) is 15.8 Å². The van der Waals surface area contributed by atoms with E-state index in [1.54, 1.807) is 42.5 Å². The number of piperidine rings is 2. The average molecular weight is 974 g/mol. The van der Waals surface area contributed by atoms with Gasteiger partial charge in [0.25, 0.3) is 23.3 Å². The van der Waals surface area contributed by atoms with E-state index in [2.05, 4.69) is 67.8 Å². The van der Waals surface area contributed by atoms with E-state index >= 15 is 0 Å². The molecule has 0 bridgehead atoms. The van der Waals surface area contributed by atoms with Crippen molar-refractivity contribution in [3.05, 3.63) is 111 Å². The second kappa shape index (κ2) is 17.0. The highest BCUT2D eigenvalue weighted by molar-refractivity contribution is 6.23. The van der Waals surface area contributed by atoms with Crippen LogP contribution >= 0.6 is 0 Å². The van der Waals surface area contributed by atoms with Gasteiger partial charge in [-0.25, -0.2) is 9.97 Å². The number of benzene rings is 2. The largest absolute Gasteiger partial charge is 0.392 e. The predicted octanol–water partition coefficient (Wildman–Crippen LogP) is 4.64. The number of imide groups is 2. The summed E-state index contributed by atoms with van der Waals surface area (Å²) in [5, 5.41) is 16.3. The van der Waals surface area contributed by atoms with E-state index in [9.17, 15) is 33.9 Å². The Morgan fingerprint density at radius 2 is 1.60 bits per heavy atom. The lowest BCUT2D eigenvalue weighted by molar-refractivity contribution is -0.136. The molecule has 3 N–H and O–H groups in total. The Hall–Kier alpha value is -7.18. The number of nitrogens with one attached hydrogen (secondary N) is 2. The van der Waals surface area contributed by atoms with Crippen LogP contribution in [0.15, 0.2) is 71.8 Å². The number of aromatic nitrogens is 4. The van der Waals surface area contributed by atoms with Crippen LogP contribution in [0, 0.1) is 10.8 Å². The number of pyridine rings is 1.